The summed E-state index contributed by atoms with van der Waals surface area (Å²) >= 11 is 0. The number of benzene rings is 1. The third-order valence-corrected chi connectivity index (χ3v) is 4.16. The molecule has 0 aliphatic heterocycles. The van der Waals surface area contributed by atoms with Gasteiger partial charge in [-0.3, -0.25) is 0 Å². The molecular formula is C21H33IN4O. The zero-order valence-corrected chi connectivity index (χ0v) is 19.4. The van der Waals surface area contributed by atoms with Crippen LogP contribution in [0.5, 0.6) is 0 Å². The van der Waals surface area contributed by atoms with Crippen LogP contribution in [0.4, 0.5) is 0 Å². The number of nitrogens with zero attached hydrogens (tertiary/aromatic N) is 3. The van der Waals surface area contributed by atoms with Crippen molar-refractivity contribution in [3.63, 3.8) is 0 Å². The third-order valence-electron chi connectivity index (χ3n) is 4.16. The summed E-state index contributed by atoms with van der Waals surface area (Å²) in [7, 11) is 4.14. The molecule has 0 atom stereocenters. The minimum absolute atomic E-state index is 0. The summed E-state index contributed by atoms with van der Waals surface area (Å²) in [6.45, 7) is 9.18. The van der Waals surface area contributed by atoms with Crippen molar-refractivity contribution in [2.24, 2.45) is 12.0 Å². The van der Waals surface area contributed by atoms with Gasteiger partial charge in [0.1, 0.15) is 0 Å². The van der Waals surface area contributed by atoms with E-state index in [1.165, 1.54) is 16.8 Å². The highest BCUT2D eigenvalue weighted by molar-refractivity contribution is 14.0. The first-order chi connectivity index (χ1) is 12.5. The summed E-state index contributed by atoms with van der Waals surface area (Å²) in [6, 6.07) is 12.7. The summed E-state index contributed by atoms with van der Waals surface area (Å²) in [5.41, 5.74) is 3.65. The van der Waals surface area contributed by atoms with Crippen LogP contribution in [0.3, 0.4) is 0 Å². The van der Waals surface area contributed by atoms with Crippen molar-refractivity contribution in [3.05, 3.63) is 59.4 Å². The summed E-state index contributed by atoms with van der Waals surface area (Å²) < 4.78 is 7.78. The van der Waals surface area contributed by atoms with Crippen molar-refractivity contribution < 1.29 is 4.74 Å². The van der Waals surface area contributed by atoms with Gasteiger partial charge < -0.3 is 19.5 Å². The molecular weight excluding hydrogens is 451 g/mol. The Labute approximate surface area is 180 Å². The van der Waals surface area contributed by atoms with Crippen LogP contribution in [0.25, 0.3) is 0 Å². The highest BCUT2D eigenvalue weighted by atomic mass is 127. The fourth-order valence-corrected chi connectivity index (χ4v) is 2.62. The molecule has 0 amide bonds. The number of rotatable bonds is 8. The maximum atomic E-state index is 5.64. The van der Waals surface area contributed by atoms with E-state index in [1.807, 2.05) is 0 Å². The molecule has 0 bridgehead atoms. The average Bonchev–Trinajstić information content (AvgIpc) is 3.02. The fourth-order valence-electron chi connectivity index (χ4n) is 2.62. The molecule has 0 saturated carbocycles. The van der Waals surface area contributed by atoms with Gasteiger partial charge in [-0.15, -0.1) is 24.0 Å². The normalized spacial score (nSPS) is 11.4. The number of aromatic nitrogens is 1. The van der Waals surface area contributed by atoms with E-state index in [0.717, 1.165) is 19.0 Å². The molecule has 5 nitrogen and oxygen atoms in total. The van der Waals surface area contributed by atoms with Crippen LogP contribution < -0.4 is 5.32 Å². The highest BCUT2D eigenvalue weighted by Gasteiger charge is 2.08. The fraction of sp³-hybridized carbons (Fsp3) is 0.476. The molecule has 0 saturated heterocycles. The lowest BCUT2D eigenvalue weighted by Crippen LogP contribution is -2.38. The Bertz CT molecular complexity index is 694. The molecule has 0 fully saturated rings. The topological polar surface area (TPSA) is 41.8 Å². The number of ether oxygens (including phenoxy) is 1. The van der Waals surface area contributed by atoms with E-state index >= 15 is 0 Å². The predicted octanol–water partition coefficient (Wildman–Crippen LogP) is 4.17. The average molecular weight is 484 g/mol. The van der Waals surface area contributed by atoms with Gasteiger partial charge in [0.05, 0.1) is 25.8 Å². The molecule has 2 rings (SSSR count). The monoisotopic (exact) mass is 484 g/mol. The molecule has 2 aromatic rings. The van der Waals surface area contributed by atoms with Crippen LogP contribution in [-0.4, -0.2) is 35.1 Å². The van der Waals surface area contributed by atoms with Crippen LogP contribution in [0.2, 0.25) is 0 Å². The maximum absolute atomic E-state index is 5.64. The first kappa shape index (κ1) is 23.5. The van der Waals surface area contributed by atoms with Crippen molar-refractivity contribution in [1.82, 2.24) is 14.8 Å². The molecule has 27 heavy (non-hydrogen) atoms. The molecule has 1 N–H and O–H groups in total. The Balaban J connectivity index is 0.00000364. The number of aryl methyl sites for hydroxylation is 1. The number of aliphatic imine (C=N–C) groups is 1. The van der Waals surface area contributed by atoms with Gasteiger partial charge in [0, 0.05) is 32.5 Å². The standard InChI is InChI=1S/C21H32N4O.HI/c1-6-22-21(25(5)15-20-8-7-13-24(20)4)23-14-18-9-11-19(12-10-18)16-26-17(2)3;/h7-13,17H,6,14-16H2,1-5H3,(H,22,23);1H. The Morgan fingerprint density at radius 1 is 1.19 bits per heavy atom. The Morgan fingerprint density at radius 3 is 2.41 bits per heavy atom. The van der Waals surface area contributed by atoms with Crippen LogP contribution in [0, 0.1) is 0 Å². The second-order valence-electron chi connectivity index (χ2n) is 6.81. The van der Waals surface area contributed by atoms with Crippen molar-refractivity contribution in [1.29, 1.82) is 0 Å². The van der Waals surface area contributed by atoms with Gasteiger partial charge in [-0.05, 0) is 44.0 Å². The summed E-state index contributed by atoms with van der Waals surface area (Å²) in [5, 5.41) is 3.38. The second kappa shape index (κ2) is 12.0. The first-order valence-electron chi connectivity index (χ1n) is 9.28. The summed E-state index contributed by atoms with van der Waals surface area (Å²) in [4.78, 5) is 6.95. The van der Waals surface area contributed by atoms with Crippen LogP contribution >= 0.6 is 24.0 Å². The number of hydrogen-bond acceptors (Lipinski definition) is 2. The highest BCUT2D eigenvalue weighted by Crippen LogP contribution is 2.09. The summed E-state index contributed by atoms with van der Waals surface area (Å²) in [5.74, 6) is 0.918. The van der Waals surface area contributed by atoms with E-state index in [0.29, 0.717) is 13.2 Å². The smallest absolute Gasteiger partial charge is 0.194 e. The van der Waals surface area contributed by atoms with E-state index < -0.39 is 0 Å². The van der Waals surface area contributed by atoms with Gasteiger partial charge in [-0.2, -0.15) is 0 Å². The molecule has 0 aliphatic rings. The molecule has 0 unspecified atom stereocenters. The molecule has 1 aromatic carbocycles. The van der Waals surface area contributed by atoms with Gasteiger partial charge in [-0.25, -0.2) is 4.99 Å². The van der Waals surface area contributed by atoms with Gasteiger partial charge >= 0.3 is 0 Å². The lowest BCUT2D eigenvalue weighted by Gasteiger charge is -2.22. The Kier molecular flexibility index (Phi) is 10.5. The molecule has 1 heterocycles. The van der Waals surface area contributed by atoms with Crippen molar-refractivity contribution in [2.45, 2.75) is 46.6 Å². The van der Waals surface area contributed by atoms with Gasteiger partial charge in [0.25, 0.3) is 0 Å². The van der Waals surface area contributed by atoms with E-state index in [1.54, 1.807) is 0 Å². The molecule has 6 heteroatoms. The van der Waals surface area contributed by atoms with Crippen molar-refractivity contribution in [2.75, 3.05) is 13.6 Å². The quantitative estimate of drug-likeness (QED) is 0.348. The summed E-state index contributed by atoms with van der Waals surface area (Å²) in [6.07, 6.45) is 2.32. The molecule has 0 radical (unpaired) electrons. The lowest BCUT2D eigenvalue weighted by molar-refractivity contribution is 0.0657. The number of nitrogens with one attached hydrogen (secondary N) is 1. The van der Waals surface area contributed by atoms with E-state index in [2.05, 4.69) is 92.2 Å². The lowest BCUT2D eigenvalue weighted by atomic mass is 10.1. The Morgan fingerprint density at radius 2 is 1.85 bits per heavy atom. The van der Waals surface area contributed by atoms with E-state index in [9.17, 15) is 0 Å². The van der Waals surface area contributed by atoms with E-state index in [4.69, 9.17) is 9.73 Å². The minimum atomic E-state index is 0. The Hall–Kier alpha value is -1.54. The molecule has 0 spiro atoms. The second-order valence-corrected chi connectivity index (χ2v) is 6.81. The van der Waals surface area contributed by atoms with Crippen molar-refractivity contribution >= 4 is 29.9 Å². The van der Waals surface area contributed by atoms with Gasteiger partial charge in [0.15, 0.2) is 5.96 Å². The molecule has 1 aromatic heterocycles. The minimum Gasteiger partial charge on any atom is -0.374 e. The van der Waals surface area contributed by atoms with Crippen LogP contribution in [0.15, 0.2) is 47.6 Å². The van der Waals surface area contributed by atoms with Gasteiger partial charge in [0.2, 0.25) is 0 Å². The van der Waals surface area contributed by atoms with Crippen LogP contribution in [-0.2, 0) is 31.5 Å². The number of hydrogen-bond donors (Lipinski definition) is 1. The zero-order chi connectivity index (χ0) is 18.9. The first-order valence-corrected chi connectivity index (χ1v) is 9.28. The zero-order valence-electron chi connectivity index (χ0n) is 17.1. The molecule has 150 valence electrons. The number of halogens is 1. The van der Waals surface area contributed by atoms with Gasteiger partial charge in [-0.1, -0.05) is 24.3 Å². The third kappa shape index (κ3) is 7.92. The largest absolute Gasteiger partial charge is 0.374 e. The SMILES string of the molecule is CCNC(=NCc1ccc(COC(C)C)cc1)N(C)Cc1cccn1C.I. The van der Waals surface area contributed by atoms with E-state index in [-0.39, 0.29) is 30.1 Å². The van der Waals surface area contributed by atoms with Crippen molar-refractivity contribution in [3.8, 4) is 0 Å². The van der Waals surface area contributed by atoms with Crippen LogP contribution in [0.1, 0.15) is 37.6 Å². The predicted molar refractivity (Wildman–Crippen MR) is 123 cm³/mol. The molecule has 0 aliphatic carbocycles. The maximum Gasteiger partial charge on any atom is 0.194 e. The number of guanidine groups is 1.